The molecule has 2 aromatic rings. The summed E-state index contributed by atoms with van der Waals surface area (Å²) in [4.78, 5) is 29.8. The lowest BCUT2D eigenvalue weighted by molar-refractivity contribution is 0.0660. The normalized spacial score (nSPS) is 14.8. The van der Waals surface area contributed by atoms with E-state index in [4.69, 9.17) is 10.5 Å². The number of aryl methyl sites for hydroxylation is 2. The second kappa shape index (κ2) is 8.20. The second-order valence-electron chi connectivity index (χ2n) is 7.11. The average Bonchev–Trinajstić information content (AvgIpc) is 2.68. The van der Waals surface area contributed by atoms with Gasteiger partial charge in [-0.2, -0.15) is 0 Å². The number of benzene rings is 1. The number of hydrogen-bond acceptors (Lipinski definition) is 4. The van der Waals surface area contributed by atoms with Gasteiger partial charge in [-0.3, -0.25) is 14.6 Å². The van der Waals surface area contributed by atoms with Gasteiger partial charge in [0.25, 0.3) is 11.8 Å². The molecule has 2 N–H and O–H groups in total. The van der Waals surface area contributed by atoms with Crippen LogP contribution in [-0.2, 0) is 0 Å². The van der Waals surface area contributed by atoms with E-state index < -0.39 is 5.91 Å². The highest BCUT2D eigenvalue weighted by Crippen LogP contribution is 2.22. The van der Waals surface area contributed by atoms with E-state index >= 15 is 0 Å². The molecule has 2 heterocycles. The first kappa shape index (κ1) is 18.9. The van der Waals surface area contributed by atoms with Crippen LogP contribution in [0.25, 0.3) is 0 Å². The van der Waals surface area contributed by atoms with Crippen LogP contribution in [0.3, 0.4) is 0 Å². The minimum Gasteiger partial charge on any atom is -0.493 e. The Bertz CT molecular complexity index is 842. The number of nitrogens with zero attached hydrogens (tertiary/aromatic N) is 2. The minimum atomic E-state index is -0.571. The van der Waals surface area contributed by atoms with Gasteiger partial charge in [0.05, 0.1) is 6.61 Å². The quantitative estimate of drug-likeness (QED) is 0.880. The lowest BCUT2D eigenvalue weighted by atomic mass is 9.96. The fourth-order valence-electron chi connectivity index (χ4n) is 3.29. The third-order valence-corrected chi connectivity index (χ3v) is 4.99. The summed E-state index contributed by atoms with van der Waals surface area (Å²) in [5.74, 6) is 0.500. The molecule has 0 saturated carbocycles. The maximum absolute atomic E-state index is 12.8. The van der Waals surface area contributed by atoms with Crippen molar-refractivity contribution >= 4 is 11.8 Å². The van der Waals surface area contributed by atoms with E-state index in [1.165, 1.54) is 6.20 Å². The number of piperidine rings is 1. The van der Waals surface area contributed by atoms with Crippen LogP contribution in [0.5, 0.6) is 5.75 Å². The Labute approximate surface area is 159 Å². The number of hydrogen-bond donors (Lipinski definition) is 1. The molecule has 1 aliphatic heterocycles. The molecule has 6 heteroatoms. The van der Waals surface area contributed by atoms with E-state index in [1.54, 1.807) is 12.1 Å². The Balaban J connectivity index is 1.53. The largest absolute Gasteiger partial charge is 0.493 e. The highest BCUT2D eigenvalue weighted by atomic mass is 16.5. The molecule has 6 nitrogen and oxygen atoms in total. The van der Waals surface area contributed by atoms with Crippen LogP contribution in [0, 0.1) is 19.8 Å². The average molecular weight is 367 g/mol. The molecule has 3 rings (SSSR count). The van der Waals surface area contributed by atoms with Crippen molar-refractivity contribution in [3.63, 3.8) is 0 Å². The van der Waals surface area contributed by atoms with Gasteiger partial charge in [0, 0.05) is 30.9 Å². The molecule has 0 atom stereocenters. The van der Waals surface area contributed by atoms with Crippen molar-refractivity contribution in [2.24, 2.45) is 11.7 Å². The fraction of sp³-hybridized carbons (Fsp3) is 0.381. The van der Waals surface area contributed by atoms with E-state index in [-0.39, 0.29) is 11.6 Å². The number of likely N-dealkylation sites (tertiary alicyclic amines) is 1. The molecule has 142 valence electrons. The summed E-state index contributed by atoms with van der Waals surface area (Å²) >= 11 is 0. The highest BCUT2D eigenvalue weighted by Gasteiger charge is 2.25. The summed E-state index contributed by atoms with van der Waals surface area (Å²) in [6.45, 7) is 5.98. The Morgan fingerprint density at radius 2 is 1.93 bits per heavy atom. The van der Waals surface area contributed by atoms with Crippen LogP contribution in [-0.4, -0.2) is 41.4 Å². The molecular weight excluding hydrogens is 342 g/mol. The summed E-state index contributed by atoms with van der Waals surface area (Å²) in [6, 6.07) is 9.26. The summed E-state index contributed by atoms with van der Waals surface area (Å²) in [6.07, 6.45) is 3.30. The first-order valence-electron chi connectivity index (χ1n) is 9.19. The molecule has 1 aliphatic rings. The Morgan fingerprint density at radius 1 is 1.19 bits per heavy atom. The van der Waals surface area contributed by atoms with Gasteiger partial charge in [0.15, 0.2) is 0 Å². The molecule has 0 unspecified atom stereocenters. The van der Waals surface area contributed by atoms with Crippen LogP contribution in [0.1, 0.15) is 44.8 Å². The molecule has 0 spiro atoms. The number of nitrogens with two attached hydrogens (primary N) is 1. The Hall–Kier alpha value is -2.89. The van der Waals surface area contributed by atoms with Gasteiger partial charge in [0.2, 0.25) is 0 Å². The van der Waals surface area contributed by atoms with Gasteiger partial charge in [-0.25, -0.2) is 0 Å². The predicted molar refractivity (Wildman–Crippen MR) is 103 cm³/mol. The topological polar surface area (TPSA) is 85.5 Å². The van der Waals surface area contributed by atoms with Crippen LogP contribution in [0.15, 0.2) is 36.5 Å². The molecule has 2 amide bonds. The summed E-state index contributed by atoms with van der Waals surface area (Å²) in [5.41, 5.74) is 8.34. The zero-order valence-corrected chi connectivity index (χ0v) is 15.8. The monoisotopic (exact) mass is 367 g/mol. The van der Waals surface area contributed by atoms with Gasteiger partial charge in [-0.15, -0.1) is 0 Å². The van der Waals surface area contributed by atoms with E-state index in [0.29, 0.717) is 18.3 Å². The third-order valence-electron chi connectivity index (χ3n) is 4.99. The van der Waals surface area contributed by atoms with Gasteiger partial charge in [0.1, 0.15) is 11.4 Å². The number of carbonyl (C=O) groups excluding carboxylic acids is 2. The predicted octanol–water partition coefficient (Wildman–Crippen LogP) is 2.73. The number of primary amides is 1. The number of rotatable bonds is 5. The summed E-state index contributed by atoms with van der Waals surface area (Å²) in [7, 11) is 0. The zero-order chi connectivity index (χ0) is 19.4. The van der Waals surface area contributed by atoms with Crippen molar-refractivity contribution in [3.8, 4) is 5.75 Å². The van der Waals surface area contributed by atoms with E-state index in [0.717, 1.165) is 42.6 Å². The zero-order valence-electron chi connectivity index (χ0n) is 15.8. The second-order valence-corrected chi connectivity index (χ2v) is 7.11. The molecule has 1 fully saturated rings. The molecule has 0 aliphatic carbocycles. The maximum Gasteiger partial charge on any atom is 0.267 e. The van der Waals surface area contributed by atoms with Crippen molar-refractivity contribution in [1.82, 2.24) is 9.88 Å². The first-order valence-corrected chi connectivity index (χ1v) is 9.19. The third kappa shape index (κ3) is 4.64. The fourth-order valence-corrected chi connectivity index (χ4v) is 3.29. The number of carbonyl (C=O) groups is 2. The van der Waals surface area contributed by atoms with Crippen molar-refractivity contribution in [3.05, 3.63) is 58.9 Å². The SMILES string of the molecule is Cc1ccc(C)c(C(=O)N2CCC(COc3ccnc(C(N)=O)c3)CC2)c1. The standard InChI is InChI=1S/C21H25N3O3/c1-14-3-4-15(2)18(11-14)21(26)24-9-6-16(7-10-24)13-27-17-5-8-23-19(12-17)20(22)25/h3-5,8,11-12,16H,6-7,9-10,13H2,1-2H3,(H2,22,25). The number of pyridine rings is 1. The van der Waals surface area contributed by atoms with Crippen molar-refractivity contribution in [2.75, 3.05) is 19.7 Å². The number of amides is 2. The van der Waals surface area contributed by atoms with Crippen LogP contribution in [0.2, 0.25) is 0 Å². The van der Waals surface area contributed by atoms with E-state index in [1.807, 2.05) is 36.9 Å². The number of aromatic nitrogens is 1. The first-order chi connectivity index (χ1) is 12.9. The highest BCUT2D eigenvalue weighted by molar-refractivity contribution is 5.96. The van der Waals surface area contributed by atoms with Gasteiger partial charge < -0.3 is 15.4 Å². The van der Waals surface area contributed by atoms with Crippen molar-refractivity contribution in [1.29, 1.82) is 0 Å². The summed E-state index contributed by atoms with van der Waals surface area (Å²) in [5, 5.41) is 0. The van der Waals surface area contributed by atoms with Crippen LogP contribution >= 0.6 is 0 Å². The van der Waals surface area contributed by atoms with Gasteiger partial charge >= 0.3 is 0 Å². The van der Waals surface area contributed by atoms with Crippen molar-refractivity contribution in [2.45, 2.75) is 26.7 Å². The summed E-state index contributed by atoms with van der Waals surface area (Å²) < 4.78 is 5.80. The van der Waals surface area contributed by atoms with Gasteiger partial charge in [-0.05, 0) is 50.3 Å². The molecule has 0 bridgehead atoms. The molecular formula is C21H25N3O3. The Kier molecular flexibility index (Phi) is 5.74. The van der Waals surface area contributed by atoms with E-state index in [2.05, 4.69) is 4.98 Å². The van der Waals surface area contributed by atoms with Gasteiger partial charge in [-0.1, -0.05) is 17.7 Å². The lowest BCUT2D eigenvalue weighted by Gasteiger charge is -2.32. The lowest BCUT2D eigenvalue weighted by Crippen LogP contribution is -2.40. The maximum atomic E-state index is 12.8. The molecule has 0 radical (unpaired) electrons. The van der Waals surface area contributed by atoms with Crippen LogP contribution < -0.4 is 10.5 Å². The van der Waals surface area contributed by atoms with Crippen LogP contribution in [0.4, 0.5) is 0 Å². The molecule has 1 saturated heterocycles. The molecule has 1 aromatic carbocycles. The molecule has 1 aromatic heterocycles. The minimum absolute atomic E-state index is 0.107. The smallest absolute Gasteiger partial charge is 0.267 e. The molecule has 27 heavy (non-hydrogen) atoms. The van der Waals surface area contributed by atoms with E-state index in [9.17, 15) is 9.59 Å². The van der Waals surface area contributed by atoms with Crippen molar-refractivity contribution < 1.29 is 14.3 Å². The number of ether oxygens (including phenoxy) is 1. The Morgan fingerprint density at radius 3 is 2.63 bits per heavy atom.